The van der Waals surface area contributed by atoms with E-state index in [9.17, 15) is 9.59 Å². The van der Waals surface area contributed by atoms with Crippen molar-refractivity contribution in [1.82, 2.24) is 24.5 Å². The van der Waals surface area contributed by atoms with Crippen LogP contribution in [0.4, 0.5) is 5.69 Å². The molecule has 0 aliphatic carbocycles. The molecule has 138 valence electrons. The molecular formula is C20H16N6O2. The van der Waals surface area contributed by atoms with E-state index < -0.39 is 0 Å². The van der Waals surface area contributed by atoms with Gasteiger partial charge in [-0.1, -0.05) is 30.3 Å². The van der Waals surface area contributed by atoms with Gasteiger partial charge in [-0.3, -0.25) is 9.59 Å². The van der Waals surface area contributed by atoms with Crippen molar-refractivity contribution < 1.29 is 4.79 Å². The summed E-state index contributed by atoms with van der Waals surface area (Å²) < 4.78 is 2.76. The van der Waals surface area contributed by atoms with Gasteiger partial charge in [0.05, 0.1) is 17.6 Å². The lowest BCUT2D eigenvalue weighted by Gasteiger charge is -2.09. The van der Waals surface area contributed by atoms with E-state index in [1.54, 1.807) is 41.3 Å². The van der Waals surface area contributed by atoms with Gasteiger partial charge in [0.15, 0.2) is 5.82 Å². The van der Waals surface area contributed by atoms with E-state index in [1.807, 2.05) is 30.3 Å². The quantitative estimate of drug-likeness (QED) is 0.579. The number of rotatable bonds is 5. The molecule has 28 heavy (non-hydrogen) atoms. The van der Waals surface area contributed by atoms with Gasteiger partial charge in [0.1, 0.15) is 6.54 Å². The number of hydrogen-bond acceptors (Lipinski definition) is 5. The second-order valence-electron chi connectivity index (χ2n) is 5.98. The largest absolute Gasteiger partial charge is 0.323 e. The molecule has 3 aromatic heterocycles. The highest BCUT2D eigenvalue weighted by Gasteiger charge is 2.09. The number of nitrogens with one attached hydrogen (secondary N) is 1. The van der Waals surface area contributed by atoms with Crippen LogP contribution >= 0.6 is 0 Å². The fourth-order valence-electron chi connectivity index (χ4n) is 2.66. The van der Waals surface area contributed by atoms with Gasteiger partial charge in [-0.25, -0.2) is 14.3 Å². The highest BCUT2D eigenvalue weighted by molar-refractivity contribution is 5.90. The van der Waals surface area contributed by atoms with Crippen LogP contribution < -0.4 is 10.9 Å². The molecule has 0 radical (unpaired) electrons. The van der Waals surface area contributed by atoms with E-state index in [2.05, 4.69) is 20.5 Å². The molecule has 0 aliphatic heterocycles. The predicted molar refractivity (Wildman–Crippen MR) is 104 cm³/mol. The monoisotopic (exact) mass is 372 g/mol. The van der Waals surface area contributed by atoms with E-state index in [0.717, 1.165) is 10.2 Å². The van der Waals surface area contributed by atoms with Crippen molar-refractivity contribution >= 4 is 11.6 Å². The van der Waals surface area contributed by atoms with Crippen LogP contribution in [-0.2, 0) is 11.3 Å². The Balaban J connectivity index is 1.47. The number of anilines is 1. The highest BCUT2D eigenvalue weighted by Crippen LogP contribution is 2.14. The fraction of sp³-hybridized carbons (Fsp3) is 0.0500. The SMILES string of the molecule is O=C(Cn1nc(-c2ccccc2)ccc1=O)Nc1ccc(-n2cccn2)nc1. The van der Waals surface area contributed by atoms with E-state index >= 15 is 0 Å². The van der Waals surface area contributed by atoms with E-state index in [4.69, 9.17) is 0 Å². The lowest BCUT2D eigenvalue weighted by Crippen LogP contribution is -2.29. The van der Waals surface area contributed by atoms with Crippen LogP contribution in [0.5, 0.6) is 0 Å². The van der Waals surface area contributed by atoms with Crippen molar-refractivity contribution in [2.75, 3.05) is 5.32 Å². The molecule has 1 aromatic carbocycles. The summed E-state index contributed by atoms with van der Waals surface area (Å²) in [5.74, 6) is 0.268. The van der Waals surface area contributed by atoms with Crippen molar-refractivity contribution in [1.29, 1.82) is 0 Å². The summed E-state index contributed by atoms with van der Waals surface area (Å²) in [6.07, 6.45) is 4.97. The maximum Gasteiger partial charge on any atom is 0.267 e. The van der Waals surface area contributed by atoms with Gasteiger partial charge in [-0.2, -0.15) is 10.2 Å². The average Bonchev–Trinajstić information content (AvgIpc) is 3.26. The first-order valence-electron chi connectivity index (χ1n) is 8.58. The molecule has 0 aliphatic rings. The summed E-state index contributed by atoms with van der Waals surface area (Å²) in [5.41, 5.74) is 1.67. The van der Waals surface area contributed by atoms with E-state index in [0.29, 0.717) is 17.2 Å². The van der Waals surface area contributed by atoms with Crippen LogP contribution in [0.3, 0.4) is 0 Å². The van der Waals surface area contributed by atoms with E-state index in [-0.39, 0.29) is 18.0 Å². The molecule has 0 saturated heterocycles. The molecule has 0 spiro atoms. The lowest BCUT2D eigenvalue weighted by molar-refractivity contribution is -0.117. The van der Waals surface area contributed by atoms with Gasteiger partial charge in [-0.05, 0) is 24.3 Å². The third-order valence-electron chi connectivity index (χ3n) is 4.00. The second kappa shape index (κ2) is 7.67. The molecule has 0 fully saturated rings. The summed E-state index contributed by atoms with van der Waals surface area (Å²) in [5, 5.41) is 11.1. The van der Waals surface area contributed by atoms with Gasteiger partial charge in [-0.15, -0.1) is 0 Å². The molecule has 8 nitrogen and oxygen atoms in total. The van der Waals surface area contributed by atoms with Crippen molar-refractivity contribution in [3.63, 3.8) is 0 Å². The summed E-state index contributed by atoms with van der Waals surface area (Å²) in [6.45, 7) is -0.194. The van der Waals surface area contributed by atoms with Gasteiger partial charge in [0.2, 0.25) is 5.91 Å². The molecule has 0 bridgehead atoms. The number of carbonyl (C=O) groups is 1. The van der Waals surface area contributed by atoms with Crippen LogP contribution in [0.1, 0.15) is 0 Å². The number of carbonyl (C=O) groups excluding carboxylic acids is 1. The lowest BCUT2D eigenvalue weighted by atomic mass is 10.1. The van der Waals surface area contributed by atoms with Gasteiger partial charge in [0.25, 0.3) is 5.56 Å². The minimum Gasteiger partial charge on any atom is -0.323 e. The molecule has 0 unspecified atom stereocenters. The van der Waals surface area contributed by atoms with Crippen LogP contribution in [0.25, 0.3) is 17.1 Å². The summed E-state index contributed by atoms with van der Waals surface area (Å²) in [6, 6.07) is 17.8. The average molecular weight is 372 g/mol. The maximum absolute atomic E-state index is 12.3. The Morgan fingerprint density at radius 1 is 1.00 bits per heavy atom. The number of pyridine rings is 1. The molecule has 8 heteroatoms. The number of nitrogens with zero attached hydrogens (tertiary/aromatic N) is 5. The summed E-state index contributed by atoms with van der Waals surface area (Å²) in [4.78, 5) is 28.7. The maximum atomic E-state index is 12.3. The van der Waals surface area contributed by atoms with Crippen LogP contribution in [-0.4, -0.2) is 30.5 Å². The Bertz CT molecular complexity index is 1140. The Labute approximate surface area is 160 Å². The van der Waals surface area contributed by atoms with Crippen molar-refractivity contribution in [3.05, 3.63) is 89.6 Å². The standard InChI is InChI=1S/C20H16N6O2/c27-19(23-16-7-9-18(21-13-16)25-12-4-11-22-25)14-26-20(28)10-8-17(24-26)15-5-2-1-3-6-15/h1-13H,14H2,(H,23,27). The third-order valence-corrected chi connectivity index (χ3v) is 4.00. The number of hydrogen-bond donors (Lipinski definition) is 1. The Morgan fingerprint density at radius 3 is 2.57 bits per heavy atom. The number of benzene rings is 1. The first-order valence-corrected chi connectivity index (χ1v) is 8.58. The van der Waals surface area contributed by atoms with Crippen molar-refractivity contribution in [2.45, 2.75) is 6.54 Å². The van der Waals surface area contributed by atoms with Crippen molar-refractivity contribution in [2.24, 2.45) is 0 Å². The topological polar surface area (TPSA) is 94.7 Å². The zero-order valence-corrected chi connectivity index (χ0v) is 14.8. The normalized spacial score (nSPS) is 10.6. The number of amides is 1. The fourth-order valence-corrected chi connectivity index (χ4v) is 2.66. The molecule has 1 amide bonds. The Hall–Kier alpha value is -4.07. The minimum absolute atomic E-state index is 0.194. The van der Waals surface area contributed by atoms with Crippen LogP contribution in [0.2, 0.25) is 0 Å². The molecule has 4 rings (SSSR count). The Kier molecular flexibility index (Phi) is 4.75. The molecule has 3 heterocycles. The first kappa shape index (κ1) is 17.3. The second-order valence-corrected chi connectivity index (χ2v) is 5.98. The smallest absolute Gasteiger partial charge is 0.267 e. The minimum atomic E-state index is -0.367. The molecule has 4 aromatic rings. The van der Waals surface area contributed by atoms with Gasteiger partial charge >= 0.3 is 0 Å². The first-order chi connectivity index (χ1) is 13.7. The molecule has 0 atom stereocenters. The van der Waals surface area contributed by atoms with Crippen molar-refractivity contribution in [3.8, 4) is 17.1 Å². The molecule has 0 saturated carbocycles. The highest BCUT2D eigenvalue weighted by atomic mass is 16.2. The summed E-state index contributed by atoms with van der Waals surface area (Å²) in [7, 11) is 0. The zero-order valence-electron chi connectivity index (χ0n) is 14.8. The number of aromatic nitrogens is 5. The molecular weight excluding hydrogens is 356 g/mol. The summed E-state index contributed by atoms with van der Waals surface area (Å²) >= 11 is 0. The Morgan fingerprint density at radius 2 is 1.86 bits per heavy atom. The third kappa shape index (κ3) is 3.85. The van der Waals surface area contributed by atoms with Crippen LogP contribution in [0.15, 0.2) is 84.0 Å². The molecule has 1 N–H and O–H groups in total. The van der Waals surface area contributed by atoms with Crippen LogP contribution in [0, 0.1) is 0 Å². The predicted octanol–water partition coefficient (Wildman–Crippen LogP) is 2.13. The van der Waals surface area contributed by atoms with Gasteiger partial charge < -0.3 is 5.32 Å². The van der Waals surface area contributed by atoms with E-state index in [1.165, 1.54) is 12.3 Å². The van der Waals surface area contributed by atoms with Gasteiger partial charge in [0, 0.05) is 24.0 Å². The zero-order chi connectivity index (χ0) is 19.3.